The van der Waals surface area contributed by atoms with Crippen LogP contribution in [0.1, 0.15) is 43.3 Å². The fourth-order valence-corrected chi connectivity index (χ4v) is 2.10. The quantitative estimate of drug-likeness (QED) is 0.840. The minimum absolute atomic E-state index is 0.193. The Morgan fingerprint density at radius 2 is 2.05 bits per heavy atom. The zero-order valence-electron chi connectivity index (χ0n) is 12.2. The van der Waals surface area contributed by atoms with E-state index >= 15 is 0 Å². The van der Waals surface area contributed by atoms with Crippen molar-refractivity contribution >= 4 is 0 Å². The molecule has 0 bridgehead atoms. The van der Waals surface area contributed by atoms with E-state index in [1.807, 2.05) is 12.3 Å². The first-order chi connectivity index (χ1) is 9.83. The van der Waals surface area contributed by atoms with Crippen LogP contribution >= 0.6 is 0 Å². The molecule has 2 heterocycles. The first-order valence-corrected chi connectivity index (χ1v) is 7.26. The van der Waals surface area contributed by atoms with Crippen LogP contribution in [0.25, 0.3) is 0 Å². The lowest BCUT2D eigenvalue weighted by molar-refractivity contribution is 0.512. The fraction of sp³-hybridized carbons (Fsp3) is 0.438. The van der Waals surface area contributed by atoms with Crippen molar-refractivity contribution in [3.63, 3.8) is 0 Å². The summed E-state index contributed by atoms with van der Waals surface area (Å²) < 4.78 is 0. The summed E-state index contributed by atoms with van der Waals surface area (Å²) in [7, 11) is 0. The molecule has 2 aromatic heterocycles. The lowest BCUT2D eigenvalue weighted by atomic mass is 10.1. The monoisotopic (exact) mass is 270 g/mol. The SMILES string of the molecule is CCCNC(Cc1ccc(CC)cn1)c1ccncn1. The second-order valence-corrected chi connectivity index (χ2v) is 4.86. The van der Waals surface area contributed by atoms with Crippen LogP contribution in [0.2, 0.25) is 0 Å². The summed E-state index contributed by atoms with van der Waals surface area (Å²) in [6, 6.07) is 6.42. The standard InChI is InChI=1S/C16H22N4/c1-3-8-18-16(15-7-9-17-12-20-15)10-14-6-5-13(4-2)11-19-14/h5-7,9,11-12,16,18H,3-4,8,10H2,1-2H3. The Balaban J connectivity index is 2.10. The van der Waals surface area contributed by atoms with Gasteiger partial charge in [0.05, 0.1) is 11.7 Å². The van der Waals surface area contributed by atoms with Crippen LogP contribution in [0.5, 0.6) is 0 Å². The normalized spacial score (nSPS) is 12.3. The second-order valence-electron chi connectivity index (χ2n) is 4.86. The topological polar surface area (TPSA) is 50.7 Å². The van der Waals surface area contributed by atoms with Crippen LogP contribution in [-0.2, 0) is 12.8 Å². The maximum atomic E-state index is 4.54. The third kappa shape index (κ3) is 4.10. The smallest absolute Gasteiger partial charge is 0.115 e. The zero-order valence-corrected chi connectivity index (χ0v) is 12.2. The molecular formula is C16H22N4. The van der Waals surface area contributed by atoms with Crippen molar-refractivity contribution in [3.05, 3.63) is 53.9 Å². The van der Waals surface area contributed by atoms with Gasteiger partial charge in [-0.15, -0.1) is 0 Å². The molecule has 0 saturated carbocycles. The molecule has 4 nitrogen and oxygen atoms in total. The van der Waals surface area contributed by atoms with Gasteiger partial charge < -0.3 is 5.32 Å². The molecule has 0 saturated heterocycles. The molecule has 0 aliphatic carbocycles. The van der Waals surface area contributed by atoms with Crippen molar-refractivity contribution < 1.29 is 0 Å². The van der Waals surface area contributed by atoms with Crippen molar-refractivity contribution in [3.8, 4) is 0 Å². The number of hydrogen-bond acceptors (Lipinski definition) is 4. The molecule has 2 rings (SSSR count). The predicted octanol–water partition coefficient (Wildman–Crippen LogP) is 2.72. The highest BCUT2D eigenvalue weighted by molar-refractivity contribution is 5.17. The Kier molecular flexibility index (Phi) is 5.62. The first kappa shape index (κ1) is 14.6. The number of pyridine rings is 1. The molecule has 20 heavy (non-hydrogen) atoms. The number of aromatic nitrogens is 3. The van der Waals surface area contributed by atoms with Gasteiger partial charge in [0.15, 0.2) is 0 Å². The highest BCUT2D eigenvalue weighted by atomic mass is 15.0. The van der Waals surface area contributed by atoms with E-state index in [4.69, 9.17) is 0 Å². The number of aryl methyl sites for hydroxylation is 1. The number of nitrogens with zero attached hydrogens (tertiary/aromatic N) is 3. The molecule has 2 aromatic rings. The Morgan fingerprint density at radius 1 is 1.15 bits per heavy atom. The van der Waals surface area contributed by atoms with Gasteiger partial charge in [-0.2, -0.15) is 0 Å². The second kappa shape index (κ2) is 7.70. The van der Waals surface area contributed by atoms with Crippen molar-refractivity contribution in [2.75, 3.05) is 6.54 Å². The summed E-state index contributed by atoms with van der Waals surface area (Å²) in [6.45, 7) is 5.28. The minimum Gasteiger partial charge on any atom is -0.308 e. The van der Waals surface area contributed by atoms with Gasteiger partial charge in [-0.1, -0.05) is 19.9 Å². The third-order valence-corrected chi connectivity index (χ3v) is 3.31. The van der Waals surface area contributed by atoms with E-state index in [1.54, 1.807) is 12.5 Å². The molecule has 0 spiro atoms. The lowest BCUT2D eigenvalue weighted by Crippen LogP contribution is -2.25. The molecule has 106 valence electrons. The van der Waals surface area contributed by atoms with Gasteiger partial charge in [0.25, 0.3) is 0 Å². The maximum Gasteiger partial charge on any atom is 0.115 e. The van der Waals surface area contributed by atoms with E-state index in [9.17, 15) is 0 Å². The van der Waals surface area contributed by atoms with Gasteiger partial charge in [-0.05, 0) is 37.1 Å². The molecule has 0 fully saturated rings. The molecule has 1 N–H and O–H groups in total. The largest absolute Gasteiger partial charge is 0.308 e. The summed E-state index contributed by atoms with van der Waals surface area (Å²) in [5.74, 6) is 0. The highest BCUT2D eigenvalue weighted by Gasteiger charge is 2.13. The molecule has 0 aromatic carbocycles. The number of rotatable bonds is 7. The highest BCUT2D eigenvalue weighted by Crippen LogP contribution is 2.15. The summed E-state index contributed by atoms with van der Waals surface area (Å²) in [5.41, 5.74) is 3.39. The molecule has 1 unspecified atom stereocenters. The molecular weight excluding hydrogens is 248 g/mol. The minimum atomic E-state index is 0.193. The Hall–Kier alpha value is -1.81. The molecule has 0 aliphatic heterocycles. The molecule has 0 aliphatic rings. The summed E-state index contributed by atoms with van der Waals surface area (Å²) in [6.07, 6.45) is 8.33. The van der Waals surface area contributed by atoms with Crippen LogP contribution in [-0.4, -0.2) is 21.5 Å². The Morgan fingerprint density at radius 3 is 2.65 bits per heavy atom. The predicted molar refractivity (Wildman–Crippen MR) is 80.4 cm³/mol. The number of nitrogens with one attached hydrogen (secondary N) is 1. The number of hydrogen-bond donors (Lipinski definition) is 1. The van der Waals surface area contributed by atoms with Gasteiger partial charge in [-0.3, -0.25) is 4.98 Å². The van der Waals surface area contributed by atoms with Gasteiger partial charge in [0, 0.05) is 24.5 Å². The van der Waals surface area contributed by atoms with Gasteiger partial charge in [0.2, 0.25) is 0 Å². The summed E-state index contributed by atoms with van der Waals surface area (Å²) >= 11 is 0. The zero-order chi connectivity index (χ0) is 14.2. The van der Waals surface area contributed by atoms with Crippen molar-refractivity contribution in [1.29, 1.82) is 0 Å². The average Bonchev–Trinajstić information content (AvgIpc) is 2.53. The van der Waals surface area contributed by atoms with E-state index in [1.165, 1.54) is 5.56 Å². The third-order valence-electron chi connectivity index (χ3n) is 3.31. The van der Waals surface area contributed by atoms with Gasteiger partial charge in [0.1, 0.15) is 6.33 Å². The molecule has 1 atom stereocenters. The van der Waals surface area contributed by atoms with E-state index in [-0.39, 0.29) is 6.04 Å². The summed E-state index contributed by atoms with van der Waals surface area (Å²) in [4.78, 5) is 12.9. The van der Waals surface area contributed by atoms with Crippen LogP contribution in [0, 0.1) is 0 Å². The van der Waals surface area contributed by atoms with Crippen molar-refractivity contribution in [1.82, 2.24) is 20.3 Å². The Labute approximate surface area is 120 Å². The van der Waals surface area contributed by atoms with Gasteiger partial charge >= 0.3 is 0 Å². The lowest BCUT2D eigenvalue weighted by Gasteiger charge is -2.17. The van der Waals surface area contributed by atoms with Crippen LogP contribution in [0.4, 0.5) is 0 Å². The molecule has 4 heteroatoms. The van der Waals surface area contributed by atoms with Crippen LogP contribution in [0.15, 0.2) is 36.9 Å². The van der Waals surface area contributed by atoms with E-state index in [0.717, 1.165) is 37.2 Å². The van der Waals surface area contributed by atoms with E-state index in [2.05, 4.69) is 46.2 Å². The molecule has 0 amide bonds. The maximum absolute atomic E-state index is 4.54. The van der Waals surface area contributed by atoms with Gasteiger partial charge in [-0.25, -0.2) is 9.97 Å². The van der Waals surface area contributed by atoms with Crippen molar-refractivity contribution in [2.24, 2.45) is 0 Å². The Bertz CT molecular complexity index is 496. The first-order valence-electron chi connectivity index (χ1n) is 7.26. The van der Waals surface area contributed by atoms with E-state index in [0.29, 0.717) is 0 Å². The molecule has 0 radical (unpaired) electrons. The summed E-state index contributed by atoms with van der Waals surface area (Å²) in [5, 5.41) is 3.53. The van der Waals surface area contributed by atoms with Crippen LogP contribution < -0.4 is 5.32 Å². The fourth-order valence-electron chi connectivity index (χ4n) is 2.10. The van der Waals surface area contributed by atoms with Crippen molar-refractivity contribution in [2.45, 2.75) is 39.2 Å². The van der Waals surface area contributed by atoms with E-state index < -0.39 is 0 Å². The average molecular weight is 270 g/mol. The van der Waals surface area contributed by atoms with Crippen LogP contribution in [0.3, 0.4) is 0 Å².